The maximum atomic E-state index is 12.2. The molecule has 3 aliphatic carbocycles. The summed E-state index contributed by atoms with van der Waals surface area (Å²) in [6.45, 7) is 0. The number of hydrogen-bond donors (Lipinski definition) is 0. The molecule has 0 N–H and O–H groups in total. The van der Waals surface area contributed by atoms with Gasteiger partial charge in [-0.3, -0.25) is 0 Å². The van der Waals surface area contributed by atoms with Crippen molar-refractivity contribution in [2.24, 2.45) is 17.8 Å². The topological polar surface area (TPSA) is 61.8 Å². The third kappa shape index (κ3) is 1.85. The summed E-state index contributed by atoms with van der Waals surface area (Å²) in [5.41, 5.74) is 1.86. The van der Waals surface area contributed by atoms with E-state index in [1.54, 1.807) is 12.1 Å². The fraction of sp³-hybridized carbons (Fsp3) is 0.444. The normalized spacial score (nSPS) is 39.3. The fourth-order valence-corrected chi connectivity index (χ4v) is 4.78. The third-order valence-corrected chi connectivity index (χ3v) is 5.64. The zero-order valence-corrected chi connectivity index (χ0v) is 12.4. The first-order valence-electron chi connectivity index (χ1n) is 8.05. The van der Waals surface area contributed by atoms with E-state index in [0.29, 0.717) is 17.4 Å². The summed E-state index contributed by atoms with van der Waals surface area (Å²) in [5.74, 6) is 0.608. The Balaban J connectivity index is 1.33. The van der Waals surface area contributed by atoms with Crippen molar-refractivity contribution in [3.63, 3.8) is 0 Å². The lowest BCUT2D eigenvalue weighted by Gasteiger charge is -2.27. The molecule has 0 radical (unpaired) electrons. The summed E-state index contributed by atoms with van der Waals surface area (Å²) in [4.78, 5) is 23.5. The smallest absolute Gasteiger partial charge is 0.455 e. The summed E-state index contributed by atoms with van der Waals surface area (Å²) in [6, 6.07) is 9.03. The van der Waals surface area contributed by atoms with Crippen molar-refractivity contribution in [3.05, 3.63) is 47.5 Å². The minimum atomic E-state index is -0.540. The maximum absolute atomic E-state index is 12.2. The van der Waals surface area contributed by atoms with Gasteiger partial charge in [0.2, 0.25) is 0 Å². The van der Waals surface area contributed by atoms with Crippen LogP contribution in [0.25, 0.3) is 0 Å². The molecule has 1 aromatic rings. The molecule has 3 fully saturated rings. The number of benzene rings is 1. The molecule has 4 aliphatic rings. The lowest BCUT2D eigenvalue weighted by molar-refractivity contribution is 0.0344. The summed E-state index contributed by atoms with van der Waals surface area (Å²) in [5, 5.41) is 0. The van der Waals surface area contributed by atoms with Gasteiger partial charge in [-0.2, -0.15) is 0 Å². The van der Waals surface area contributed by atoms with Gasteiger partial charge in [-0.1, -0.05) is 23.8 Å². The molecule has 118 valence electrons. The van der Waals surface area contributed by atoms with Crippen molar-refractivity contribution in [3.8, 4) is 0 Å². The van der Waals surface area contributed by atoms with Gasteiger partial charge in [-0.25, -0.2) is 9.59 Å². The molecule has 1 aliphatic heterocycles. The van der Waals surface area contributed by atoms with Gasteiger partial charge in [0.1, 0.15) is 18.3 Å². The van der Waals surface area contributed by atoms with Crippen LogP contribution in [0.1, 0.15) is 23.2 Å². The van der Waals surface area contributed by atoms with Crippen LogP contribution in [-0.4, -0.2) is 30.4 Å². The van der Waals surface area contributed by atoms with Gasteiger partial charge in [-0.15, -0.1) is 0 Å². The summed E-state index contributed by atoms with van der Waals surface area (Å²) in [6.07, 6.45) is 2.88. The average molecular weight is 312 g/mol. The minimum absolute atomic E-state index is 0.113. The Labute approximate surface area is 133 Å². The van der Waals surface area contributed by atoms with Crippen LogP contribution in [0.3, 0.4) is 0 Å². The molecule has 5 nitrogen and oxygen atoms in total. The van der Waals surface area contributed by atoms with E-state index in [9.17, 15) is 9.59 Å². The molecule has 23 heavy (non-hydrogen) atoms. The van der Waals surface area contributed by atoms with Crippen LogP contribution in [0.2, 0.25) is 0 Å². The Morgan fingerprint density at radius 2 is 1.83 bits per heavy atom. The van der Waals surface area contributed by atoms with Crippen molar-refractivity contribution < 1.29 is 23.8 Å². The summed E-state index contributed by atoms with van der Waals surface area (Å²) < 4.78 is 16.3. The Bertz CT molecular complexity index is 709. The maximum Gasteiger partial charge on any atom is 0.509 e. The lowest BCUT2D eigenvalue weighted by atomic mass is 9.82. The zero-order valence-electron chi connectivity index (χ0n) is 12.4. The van der Waals surface area contributed by atoms with Gasteiger partial charge in [0.25, 0.3) is 0 Å². The average Bonchev–Trinajstić information content (AvgIpc) is 3.25. The number of ether oxygens (including phenoxy) is 3. The van der Waals surface area contributed by atoms with Crippen molar-refractivity contribution in [2.75, 3.05) is 0 Å². The highest BCUT2D eigenvalue weighted by Gasteiger charge is 2.63. The molecule has 0 spiro atoms. The highest BCUT2D eigenvalue weighted by molar-refractivity contribution is 5.89. The molecule has 1 aromatic carbocycles. The first-order valence-corrected chi connectivity index (χ1v) is 8.05. The number of esters is 1. The van der Waals surface area contributed by atoms with Crippen LogP contribution in [0.4, 0.5) is 4.79 Å². The highest BCUT2D eigenvalue weighted by atomic mass is 16.8. The van der Waals surface area contributed by atoms with Gasteiger partial charge in [0.15, 0.2) is 0 Å². The van der Waals surface area contributed by atoms with Crippen molar-refractivity contribution in [1.29, 1.82) is 0 Å². The van der Waals surface area contributed by atoms with Crippen LogP contribution in [0.15, 0.2) is 42.0 Å². The molecule has 0 unspecified atom stereocenters. The zero-order chi connectivity index (χ0) is 15.6. The monoisotopic (exact) mass is 312 g/mol. The molecule has 1 heterocycles. The number of rotatable bonds is 2. The second kappa shape index (κ2) is 4.60. The molecular formula is C18H16O5. The van der Waals surface area contributed by atoms with E-state index in [0.717, 1.165) is 12.8 Å². The summed E-state index contributed by atoms with van der Waals surface area (Å²) >= 11 is 0. The van der Waals surface area contributed by atoms with E-state index in [1.165, 1.54) is 5.57 Å². The second-order valence-corrected chi connectivity index (χ2v) is 6.74. The van der Waals surface area contributed by atoms with Gasteiger partial charge >= 0.3 is 12.1 Å². The predicted molar refractivity (Wildman–Crippen MR) is 78.6 cm³/mol. The van der Waals surface area contributed by atoms with Crippen LogP contribution in [0.5, 0.6) is 0 Å². The van der Waals surface area contributed by atoms with Crippen molar-refractivity contribution in [2.45, 2.75) is 31.2 Å². The predicted octanol–water partition coefficient (Wildman–Crippen LogP) is 2.71. The van der Waals surface area contributed by atoms with E-state index in [2.05, 4.69) is 6.08 Å². The highest BCUT2D eigenvalue weighted by Crippen LogP contribution is 2.59. The van der Waals surface area contributed by atoms with Crippen molar-refractivity contribution >= 4 is 12.1 Å². The number of carbonyl (C=O) groups excluding carboxylic acids is 2. The molecule has 2 saturated carbocycles. The first-order chi connectivity index (χ1) is 11.2. The molecule has 0 aromatic heterocycles. The minimum Gasteiger partial charge on any atom is -0.455 e. The first kappa shape index (κ1) is 13.2. The van der Waals surface area contributed by atoms with E-state index in [-0.39, 0.29) is 30.2 Å². The third-order valence-electron chi connectivity index (χ3n) is 5.64. The largest absolute Gasteiger partial charge is 0.509 e. The summed E-state index contributed by atoms with van der Waals surface area (Å²) in [7, 11) is 0. The van der Waals surface area contributed by atoms with Crippen LogP contribution in [-0.2, 0) is 14.2 Å². The molecule has 2 bridgehead atoms. The molecule has 6 atom stereocenters. The molecule has 1 saturated heterocycles. The van der Waals surface area contributed by atoms with E-state index >= 15 is 0 Å². The second-order valence-electron chi connectivity index (χ2n) is 6.74. The van der Waals surface area contributed by atoms with Gasteiger partial charge in [0.05, 0.1) is 5.56 Å². The van der Waals surface area contributed by atoms with E-state index in [1.807, 2.05) is 18.2 Å². The van der Waals surface area contributed by atoms with Crippen molar-refractivity contribution in [1.82, 2.24) is 0 Å². The number of hydrogen-bond acceptors (Lipinski definition) is 5. The molecule has 5 heteroatoms. The van der Waals surface area contributed by atoms with Gasteiger partial charge < -0.3 is 14.2 Å². The standard InChI is InChI=1S/C18H16O5/c19-17(9-4-2-1-3-5-9)21-10-6-11-12(7-10)14-8-13(11)15-16(14)23-18(20)22-15/h1-6,10,12-16H,7-8H2/t10-,12+,13+,14-,15+,16-/m1/s1. The quantitative estimate of drug-likeness (QED) is 0.620. The van der Waals surface area contributed by atoms with Crippen LogP contribution in [0, 0.1) is 17.8 Å². The van der Waals surface area contributed by atoms with Gasteiger partial charge in [0, 0.05) is 11.8 Å². The Hall–Kier alpha value is -2.30. The Kier molecular flexibility index (Phi) is 2.63. The fourth-order valence-electron chi connectivity index (χ4n) is 4.78. The van der Waals surface area contributed by atoms with Crippen LogP contribution >= 0.6 is 0 Å². The number of carbonyl (C=O) groups is 2. The van der Waals surface area contributed by atoms with E-state index in [4.69, 9.17) is 14.2 Å². The number of fused-ring (bicyclic) bond motifs is 8. The molecule has 5 rings (SSSR count). The Morgan fingerprint density at radius 1 is 1.04 bits per heavy atom. The lowest BCUT2D eigenvalue weighted by Crippen LogP contribution is -2.35. The van der Waals surface area contributed by atoms with Crippen LogP contribution < -0.4 is 0 Å². The van der Waals surface area contributed by atoms with Gasteiger partial charge in [-0.05, 0) is 37.0 Å². The molecule has 0 amide bonds. The SMILES string of the molecule is O=C1O[C@@H]2[C@@H]3C[C@@H](C4=C[C@@H](OC(=O)c5ccccc5)C[C@@H]43)[C@@H]2O1. The van der Waals surface area contributed by atoms with E-state index < -0.39 is 6.16 Å². The Morgan fingerprint density at radius 3 is 2.65 bits per heavy atom. The molecular weight excluding hydrogens is 296 g/mol.